The number of ether oxygens (including phenoxy) is 1. The maximum Gasteiger partial charge on any atom is 0.0587 e. The Labute approximate surface area is 128 Å². The molecule has 0 spiro atoms. The van der Waals surface area contributed by atoms with Crippen LogP contribution in [0.1, 0.15) is 44.6 Å². The van der Waals surface area contributed by atoms with E-state index in [1.54, 1.807) is 7.11 Å². The predicted molar refractivity (Wildman–Crippen MR) is 87.6 cm³/mol. The third-order valence-corrected chi connectivity index (χ3v) is 4.20. The highest BCUT2D eigenvalue weighted by Gasteiger charge is 2.16. The van der Waals surface area contributed by atoms with Crippen LogP contribution in [0.3, 0.4) is 0 Å². The highest BCUT2D eigenvalue weighted by atomic mass is 35.5. The molecule has 1 unspecified atom stereocenters. The van der Waals surface area contributed by atoms with Crippen molar-refractivity contribution in [3.63, 3.8) is 0 Å². The molecular formula is C17H28ClNO. The first-order chi connectivity index (χ1) is 9.71. The lowest BCUT2D eigenvalue weighted by Crippen LogP contribution is -2.26. The fourth-order valence-corrected chi connectivity index (χ4v) is 2.77. The molecule has 0 aromatic heterocycles. The zero-order valence-corrected chi connectivity index (χ0v) is 13.7. The quantitative estimate of drug-likeness (QED) is 0.643. The van der Waals surface area contributed by atoms with E-state index >= 15 is 0 Å². The van der Waals surface area contributed by atoms with Crippen LogP contribution in [0.2, 0.25) is 5.02 Å². The van der Waals surface area contributed by atoms with Gasteiger partial charge in [-0.25, -0.2) is 0 Å². The van der Waals surface area contributed by atoms with E-state index in [0.717, 1.165) is 30.6 Å². The van der Waals surface area contributed by atoms with Gasteiger partial charge in [-0.1, -0.05) is 50.4 Å². The summed E-state index contributed by atoms with van der Waals surface area (Å²) >= 11 is 6.14. The van der Waals surface area contributed by atoms with Gasteiger partial charge >= 0.3 is 0 Å². The lowest BCUT2D eigenvalue weighted by molar-refractivity contribution is 0.198. The van der Waals surface area contributed by atoms with Gasteiger partial charge < -0.3 is 10.1 Å². The van der Waals surface area contributed by atoms with Gasteiger partial charge in [-0.05, 0) is 36.0 Å². The maximum absolute atomic E-state index is 6.14. The highest BCUT2D eigenvalue weighted by molar-refractivity contribution is 6.30. The molecule has 0 saturated carbocycles. The van der Waals surface area contributed by atoms with Crippen molar-refractivity contribution in [3.8, 4) is 0 Å². The molecule has 1 aromatic carbocycles. The first-order valence-corrected chi connectivity index (χ1v) is 8.04. The van der Waals surface area contributed by atoms with Crippen LogP contribution in [0.5, 0.6) is 0 Å². The molecule has 2 nitrogen and oxygen atoms in total. The molecule has 1 atom stereocenters. The minimum atomic E-state index is 0.524. The van der Waals surface area contributed by atoms with Crippen molar-refractivity contribution in [2.45, 2.75) is 39.0 Å². The zero-order chi connectivity index (χ0) is 14.8. The topological polar surface area (TPSA) is 21.3 Å². The number of hydrogen-bond acceptors (Lipinski definition) is 2. The van der Waals surface area contributed by atoms with Crippen molar-refractivity contribution in [3.05, 3.63) is 34.9 Å². The van der Waals surface area contributed by atoms with Crippen molar-refractivity contribution in [1.82, 2.24) is 5.32 Å². The number of hydrogen-bond donors (Lipinski definition) is 1. The predicted octanol–water partition coefficient (Wildman–Crippen LogP) is 4.49. The van der Waals surface area contributed by atoms with Gasteiger partial charge in [0.15, 0.2) is 0 Å². The minimum Gasteiger partial charge on any atom is -0.383 e. The van der Waals surface area contributed by atoms with Crippen LogP contribution in [0.15, 0.2) is 24.3 Å². The summed E-state index contributed by atoms with van der Waals surface area (Å²) in [5.41, 5.74) is 1.34. The highest BCUT2D eigenvalue weighted by Crippen LogP contribution is 2.28. The van der Waals surface area contributed by atoms with Crippen molar-refractivity contribution >= 4 is 11.6 Å². The Morgan fingerprint density at radius 1 is 1.25 bits per heavy atom. The minimum absolute atomic E-state index is 0.524. The van der Waals surface area contributed by atoms with Gasteiger partial charge in [0.1, 0.15) is 0 Å². The van der Waals surface area contributed by atoms with Gasteiger partial charge in [0.25, 0.3) is 0 Å². The number of benzene rings is 1. The average molecular weight is 298 g/mol. The van der Waals surface area contributed by atoms with E-state index in [9.17, 15) is 0 Å². The van der Waals surface area contributed by atoms with Crippen LogP contribution in [0.4, 0.5) is 0 Å². The molecule has 1 rings (SSSR count). The Bertz CT molecular complexity index is 366. The Hall–Kier alpha value is -0.570. The molecule has 0 heterocycles. The van der Waals surface area contributed by atoms with E-state index in [-0.39, 0.29) is 0 Å². The largest absolute Gasteiger partial charge is 0.383 e. The van der Waals surface area contributed by atoms with Crippen LogP contribution in [0, 0.1) is 5.92 Å². The summed E-state index contributed by atoms with van der Waals surface area (Å²) in [4.78, 5) is 0. The van der Waals surface area contributed by atoms with Gasteiger partial charge in [-0.15, -0.1) is 0 Å². The first-order valence-electron chi connectivity index (χ1n) is 7.66. The van der Waals surface area contributed by atoms with E-state index in [0.29, 0.717) is 5.92 Å². The van der Waals surface area contributed by atoms with Crippen LogP contribution in [0.25, 0.3) is 0 Å². The molecule has 0 aliphatic carbocycles. The second kappa shape index (κ2) is 10.2. The fraction of sp³-hybridized carbons (Fsp3) is 0.647. The molecule has 1 aromatic rings. The van der Waals surface area contributed by atoms with Crippen molar-refractivity contribution in [2.75, 3.05) is 26.8 Å². The van der Waals surface area contributed by atoms with Gasteiger partial charge in [-0.2, -0.15) is 0 Å². The molecule has 20 heavy (non-hydrogen) atoms. The Morgan fingerprint density at radius 2 is 2.00 bits per heavy atom. The summed E-state index contributed by atoms with van der Waals surface area (Å²) in [5, 5.41) is 4.32. The molecule has 0 bridgehead atoms. The summed E-state index contributed by atoms with van der Waals surface area (Å²) in [6, 6.07) is 8.29. The number of methoxy groups -OCH3 is 1. The molecule has 0 amide bonds. The second-order valence-electron chi connectivity index (χ2n) is 5.37. The number of halogens is 1. The second-order valence-corrected chi connectivity index (χ2v) is 5.80. The Morgan fingerprint density at radius 3 is 2.60 bits per heavy atom. The third-order valence-electron chi connectivity index (χ3n) is 3.97. The molecule has 0 fully saturated rings. The molecule has 0 saturated heterocycles. The number of rotatable bonds is 10. The first kappa shape index (κ1) is 17.5. The normalized spacial score (nSPS) is 12.8. The van der Waals surface area contributed by atoms with E-state index in [1.165, 1.54) is 24.8 Å². The lowest BCUT2D eigenvalue weighted by Gasteiger charge is -2.23. The standard InChI is InChI=1S/C17H28ClNO/c1-4-14(5-2)11-16(13-19-9-10-20-3)15-7-6-8-17(18)12-15/h6-8,12,14,16,19H,4-5,9-11,13H2,1-3H3. The average Bonchev–Trinajstić information content (AvgIpc) is 2.46. The Kier molecular flexibility index (Phi) is 8.92. The molecule has 0 radical (unpaired) electrons. The van der Waals surface area contributed by atoms with Crippen LogP contribution < -0.4 is 5.32 Å². The van der Waals surface area contributed by atoms with Gasteiger partial charge in [0.05, 0.1) is 6.61 Å². The number of nitrogens with one attached hydrogen (secondary N) is 1. The molecule has 0 aliphatic rings. The summed E-state index contributed by atoms with van der Waals surface area (Å²) in [7, 11) is 1.74. The van der Waals surface area contributed by atoms with E-state index in [1.807, 2.05) is 12.1 Å². The smallest absolute Gasteiger partial charge is 0.0587 e. The summed E-state index contributed by atoms with van der Waals surface area (Å²) in [6.07, 6.45) is 3.70. The van der Waals surface area contributed by atoms with E-state index < -0.39 is 0 Å². The van der Waals surface area contributed by atoms with Crippen molar-refractivity contribution < 1.29 is 4.74 Å². The monoisotopic (exact) mass is 297 g/mol. The van der Waals surface area contributed by atoms with Gasteiger partial charge in [0.2, 0.25) is 0 Å². The van der Waals surface area contributed by atoms with Crippen molar-refractivity contribution in [2.24, 2.45) is 5.92 Å². The maximum atomic E-state index is 6.14. The Balaban J connectivity index is 2.67. The van der Waals surface area contributed by atoms with Crippen LogP contribution in [-0.2, 0) is 4.74 Å². The lowest BCUT2D eigenvalue weighted by atomic mass is 9.86. The molecule has 114 valence electrons. The van der Waals surface area contributed by atoms with E-state index in [2.05, 4.69) is 31.3 Å². The fourth-order valence-electron chi connectivity index (χ4n) is 2.57. The van der Waals surface area contributed by atoms with Gasteiger partial charge in [-0.3, -0.25) is 0 Å². The van der Waals surface area contributed by atoms with Crippen LogP contribution in [-0.4, -0.2) is 26.8 Å². The van der Waals surface area contributed by atoms with E-state index in [4.69, 9.17) is 16.3 Å². The molecule has 0 aliphatic heterocycles. The molecule has 3 heteroatoms. The molecule has 1 N–H and O–H groups in total. The zero-order valence-electron chi connectivity index (χ0n) is 13.0. The van der Waals surface area contributed by atoms with Crippen LogP contribution >= 0.6 is 11.6 Å². The van der Waals surface area contributed by atoms with Gasteiger partial charge in [0, 0.05) is 25.2 Å². The van der Waals surface area contributed by atoms with Crippen molar-refractivity contribution in [1.29, 1.82) is 0 Å². The summed E-state index contributed by atoms with van der Waals surface area (Å²) in [5.74, 6) is 1.30. The third kappa shape index (κ3) is 6.25. The summed E-state index contributed by atoms with van der Waals surface area (Å²) < 4.78 is 5.09. The SMILES string of the molecule is CCC(CC)CC(CNCCOC)c1cccc(Cl)c1. The summed E-state index contributed by atoms with van der Waals surface area (Å²) in [6.45, 7) is 7.20. The molecular weight excluding hydrogens is 270 g/mol.